The van der Waals surface area contributed by atoms with Crippen molar-refractivity contribution in [3.63, 3.8) is 0 Å². The maximum Gasteiger partial charge on any atom is 0.298 e. The molecule has 24 heavy (non-hydrogen) atoms. The molecule has 10 nitrogen and oxygen atoms in total. The summed E-state index contributed by atoms with van der Waals surface area (Å²) in [5.74, 6) is 1.29. The number of ether oxygens (including phenoxy) is 1. The second-order valence-electron chi connectivity index (χ2n) is 6.23. The Labute approximate surface area is 135 Å². The van der Waals surface area contributed by atoms with Gasteiger partial charge in [-0.25, -0.2) is 14.6 Å². The van der Waals surface area contributed by atoms with Gasteiger partial charge in [0.15, 0.2) is 11.5 Å². The third-order valence-electron chi connectivity index (χ3n) is 4.48. The second kappa shape index (κ2) is 4.74. The van der Waals surface area contributed by atoms with Crippen LogP contribution in [0.2, 0.25) is 0 Å². The summed E-state index contributed by atoms with van der Waals surface area (Å²) in [5, 5.41) is 10.5. The third kappa shape index (κ3) is 1.89. The molecule has 0 aromatic carbocycles. The van der Waals surface area contributed by atoms with Crippen LogP contribution in [0.1, 0.15) is 0 Å². The Kier molecular flexibility index (Phi) is 2.65. The van der Waals surface area contributed by atoms with E-state index in [1.165, 1.54) is 21.9 Å². The number of aromatic amines is 1. The van der Waals surface area contributed by atoms with Gasteiger partial charge in [0.05, 0.1) is 37.2 Å². The van der Waals surface area contributed by atoms with Crippen LogP contribution in [0.5, 0.6) is 0 Å². The molecule has 2 saturated heterocycles. The summed E-state index contributed by atoms with van der Waals surface area (Å²) in [4.78, 5) is 23.2. The highest BCUT2D eigenvalue weighted by molar-refractivity contribution is 5.47. The Morgan fingerprint density at radius 3 is 2.75 bits per heavy atom. The topological polar surface area (TPSA) is 107 Å². The summed E-state index contributed by atoms with van der Waals surface area (Å²) in [6.07, 6.45) is 6.17. The maximum absolute atomic E-state index is 12.5. The predicted octanol–water partition coefficient (Wildman–Crippen LogP) is -0.627. The van der Waals surface area contributed by atoms with Gasteiger partial charge in [-0.3, -0.25) is 9.89 Å². The largest absolute Gasteiger partial charge is 0.380 e. The van der Waals surface area contributed by atoms with E-state index in [-0.39, 0.29) is 5.56 Å². The SMILES string of the molecule is O=c1c(-n2ccnn2)c[nH]n1-c1cc(N2CC3(COC3)C2)ncn1. The third-order valence-corrected chi connectivity index (χ3v) is 4.48. The minimum atomic E-state index is -0.252. The summed E-state index contributed by atoms with van der Waals surface area (Å²) in [6.45, 7) is 3.48. The molecule has 1 spiro atoms. The molecule has 0 unspecified atom stereocenters. The number of aromatic nitrogens is 7. The summed E-state index contributed by atoms with van der Waals surface area (Å²) in [6, 6.07) is 1.80. The average Bonchev–Trinajstić information content (AvgIpc) is 3.14. The lowest BCUT2D eigenvalue weighted by atomic mass is 9.78. The van der Waals surface area contributed by atoms with Gasteiger partial charge in [-0.05, 0) is 0 Å². The molecule has 0 aliphatic carbocycles. The normalized spacial score (nSPS) is 18.4. The van der Waals surface area contributed by atoms with E-state index in [4.69, 9.17) is 4.74 Å². The van der Waals surface area contributed by atoms with Gasteiger partial charge in [0, 0.05) is 19.2 Å². The fourth-order valence-electron chi connectivity index (χ4n) is 3.16. The van der Waals surface area contributed by atoms with E-state index < -0.39 is 0 Å². The smallest absolute Gasteiger partial charge is 0.298 e. The molecule has 0 amide bonds. The first-order chi connectivity index (χ1) is 11.7. The summed E-state index contributed by atoms with van der Waals surface area (Å²) in [5.41, 5.74) is 0.425. The van der Waals surface area contributed by atoms with Crippen LogP contribution in [0.3, 0.4) is 0 Å². The van der Waals surface area contributed by atoms with E-state index in [0.29, 0.717) is 16.9 Å². The van der Waals surface area contributed by atoms with Gasteiger partial charge in [-0.1, -0.05) is 5.21 Å². The van der Waals surface area contributed by atoms with E-state index in [0.717, 1.165) is 32.1 Å². The standard InChI is InChI=1S/C14H14N8O2/c23-13-10(21-2-1-17-19-21)4-18-22(13)12-3-11(15-9-16-12)20-5-14(6-20)7-24-8-14/h1-4,9,18H,5-8H2. The van der Waals surface area contributed by atoms with E-state index in [1.54, 1.807) is 18.5 Å². The fraction of sp³-hybridized carbons (Fsp3) is 0.357. The monoisotopic (exact) mass is 326 g/mol. The number of rotatable bonds is 3. The maximum atomic E-state index is 12.5. The molecular formula is C14H14N8O2. The van der Waals surface area contributed by atoms with Crippen molar-refractivity contribution >= 4 is 5.82 Å². The first-order valence-electron chi connectivity index (χ1n) is 7.56. The molecule has 10 heteroatoms. The quantitative estimate of drug-likeness (QED) is 0.683. The van der Waals surface area contributed by atoms with E-state index in [2.05, 4.69) is 30.3 Å². The minimum absolute atomic E-state index is 0.252. The summed E-state index contributed by atoms with van der Waals surface area (Å²) < 4.78 is 8.06. The lowest BCUT2D eigenvalue weighted by Crippen LogP contribution is -2.66. The van der Waals surface area contributed by atoms with Crippen molar-refractivity contribution in [3.8, 4) is 11.5 Å². The van der Waals surface area contributed by atoms with E-state index >= 15 is 0 Å². The van der Waals surface area contributed by atoms with Gasteiger partial charge in [0.2, 0.25) is 0 Å². The van der Waals surface area contributed by atoms with Gasteiger partial charge in [-0.15, -0.1) is 5.10 Å². The first kappa shape index (κ1) is 13.4. The van der Waals surface area contributed by atoms with Crippen molar-refractivity contribution in [2.75, 3.05) is 31.2 Å². The Balaban J connectivity index is 1.45. The van der Waals surface area contributed by atoms with Crippen LogP contribution in [0.15, 0.2) is 35.8 Å². The van der Waals surface area contributed by atoms with Crippen molar-refractivity contribution in [3.05, 3.63) is 41.3 Å². The minimum Gasteiger partial charge on any atom is -0.380 e. The molecule has 122 valence electrons. The van der Waals surface area contributed by atoms with Crippen LogP contribution >= 0.6 is 0 Å². The molecule has 2 aliphatic rings. The van der Waals surface area contributed by atoms with Crippen LogP contribution in [-0.2, 0) is 4.74 Å². The number of hydrogen-bond donors (Lipinski definition) is 1. The number of hydrogen-bond acceptors (Lipinski definition) is 7. The summed E-state index contributed by atoms with van der Waals surface area (Å²) >= 11 is 0. The molecule has 1 N–H and O–H groups in total. The van der Waals surface area contributed by atoms with Gasteiger partial charge in [-0.2, -0.15) is 4.68 Å². The van der Waals surface area contributed by atoms with Crippen molar-refractivity contribution in [2.24, 2.45) is 5.41 Å². The van der Waals surface area contributed by atoms with Crippen LogP contribution in [0, 0.1) is 5.41 Å². The molecule has 2 fully saturated rings. The number of nitrogens with one attached hydrogen (secondary N) is 1. The molecule has 2 aliphatic heterocycles. The molecule has 5 rings (SSSR count). The molecule has 5 heterocycles. The Bertz CT molecular complexity index is 932. The first-order valence-corrected chi connectivity index (χ1v) is 7.56. The number of anilines is 1. The van der Waals surface area contributed by atoms with Gasteiger partial charge in [0.1, 0.15) is 12.1 Å². The van der Waals surface area contributed by atoms with E-state index in [9.17, 15) is 4.79 Å². The number of H-pyrrole nitrogens is 1. The molecule has 0 bridgehead atoms. The van der Waals surface area contributed by atoms with Gasteiger partial charge < -0.3 is 9.64 Å². The molecule has 0 radical (unpaired) electrons. The van der Waals surface area contributed by atoms with Crippen LogP contribution in [0.25, 0.3) is 11.5 Å². The summed E-state index contributed by atoms with van der Waals surface area (Å²) in [7, 11) is 0. The highest BCUT2D eigenvalue weighted by Gasteiger charge is 2.49. The molecule has 0 atom stereocenters. The highest BCUT2D eigenvalue weighted by atomic mass is 16.5. The zero-order valence-corrected chi connectivity index (χ0v) is 12.7. The van der Waals surface area contributed by atoms with Crippen molar-refractivity contribution in [1.29, 1.82) is 0 Å². The second-order valence-corrected chi connectivity index (χ2v) is 6.23. The molecular weight excluding hydrogens is 312 g/mol. The molecule has 3 aromatic rings. The average molecular weight is 326 g/mol. The van der Waals surface area contributed by atoms with Crippen molar-refractivity contribution in [1.82, 2.24) is 34.7 Å². The van der Waals surface area contributed by atoms with Crippen molar-refractivity contribution < 1.29 is 4.74 Å². The van der Waals surface area contributed by atoms with E-state index in [1.807, 2.05) is 0 Å². The molecule has 0 saturated carbocycles. The van der Waals surface area contributed by atoms with Gasteiger partial charge >= 0.3 is 0 Å². The van der Waals surface area contributed by atoms with Crippen LogP contribution < -0.4 is 10.5 Å². The Morgan fingerprint density at radius 2 is 2.04 bits per heavy atom. The van der Waals surface area contributed by atoms with Crippen LogP contribution in [-0.4, -0.2) is 61.0 Å². The lowest BCUT2D eigenvalue weighted by Gasteiger charge is -2.55. The van der Waals surface area contributed by atoms with Gasteiger partial charge in [0.25, 0.3) is 5.56 Å². The predicted molar refractivity (Wildman–Crippen MR) is 82.4 cm³/mol. The lowest BCUT2D eigenvalue weighted by molar-refractivity contribution is -0.127. The van der Waals surface area contributed by atoms with Crippen LogP contribution in [0.4, 0.5) is 5.82 Å². The van der Waals surface area contributed by atoms with Crippen molar-refractivity contribution in [2.45, 2.75) is 0 Å². The fourth-order valence-corrected chi connectivity index (χ4v) is 3.16. The molecule has 3 aromatic heterocycles. The Hall–Kier alpha value is -3.01. The number of nitrogens with zero attached hydrogens (tertiary/aromatic N) is 7. The highest BCUT2D eigenvalue weighted by Crippen LogP contribution is 2.39. The Morgan fingerprint density at radius 1 is 1.21 bits per heavy atom. The zero-order chi connectivity index (χ0) is 16.1. The zero-order valence-electron chi connectivity index (χ0n) is 12.7.